The smallest absolute Gasteiger partial charge is 0.315 e. The Kier molecular flexibility index (Phi) is 4.68. The third-order valence-corrected chi connectivity index (χ3v) is 4.24. The first-order chi connectivity index (χ1) is 10.8. The van der Waals surface area contributed by atoms with Gasteiger partial charge in [-0.3, -0.25) is 4.98 Å². The molecule has 1 aromatic heterocycles. The summed E-state index contributed by atoms with van der Waals surface area (Å²) in [5.41, 5.74) is 2.18. The van der Waals surface area contributed by atoms with Crippen LogP contribution in [-0.2, 0) is 6.54 Å². The second-order valence-electron chi connectivity index (χ2n) is 5.77. The first kappa shape index (κ1) is 14.6. The largest absolute Gasteiger partial charge is 0.334 e. The predicted octanol–water partition coefficient (Wildman–Crippen LogP) is 3.42. The summed E-state index contributed by atoms with van der Waals surface area (Å²) < 4.78 is 0. The van der Waals surface area contributed by atoms with Gasteiger partial charge in [0.1, 0.15) is 0 Å². The molecule has 1 aromatic carbocycles. The van der Waals surface area contributed by atoms with Crippen molar-refractivity contribution in [2.24, 2.45) is 5.92 Å². The molecule has 0 saturated heterocycles. The van der Waals surface area contributed by atoms with E-state index in [4.69, 9.17) is 0 Å². The zero-order valence-electron chi connectivity index (χ0n) is 12.5. The van der Waals surface area contributed by atoms with Crippen molar-refractivity contribution in [1.82, 2.24) is 15.6 Å². The molecule has 114 valence electrons. The van der Waals surface area contributed by atoms with Crippen LogP contribution in [0.5, 0.6) is 0 Å². The summed E-state index contributed by atoms with van der Waals surface area (Å²) in [6.45, 7) is 0.492. The standard InChI is InChI=1S/C18H21N3O/c22-18(20-13-14-6-5-11-19-12-14)21-17(16-9-4-10-16)15-7-2-1-3-8-15/h1-3,5-8,11-12,16-17H,4,9-10,13H2,(H2,20,21,22). The number of carbonyl (C=O) groups is 1. The van der Waals surface area contributed by atoms with Gasteiger partial charge in [-0.1, -0.05) is 42.8 Å². The van der Waals surface area contributed by atoms with Crippen molar-refractivity contribution < 1.29 is 4.79 Å². The van der Waals surface area contributed by atoms with E-state index >= 15 is 0 Å². The summed E-state index contributed by atoms with van der Waals surface area (Å²) >= 11 is 0. The molecule has 4 heteroatoms. The Hall–Kier alpha value is -2.36. The molecule has 0 spiro atoms. The predicted molar refractivity (Wildman–Crippen MR) is 86.1 cm³/mol. The third kappa shape index (κ3) is 3.64. The lowest BCUT2D eigenvalue weighted by atomic mass is 9.77. The lowest BCUT2D eigenvalue weighted by Crippen LogP contribution is -2.41. The Morgan fingerprint density at radius 2 is 2.00 bits per heavy atom. The van der Waals surface area contributed by atoms with Gasteiger partial charge in [-0.05, 0) is 36.0 Å². The van der Waals surface area contributed by atoms with E-state index in [1.807, 2.05) is 30.3 Å². The van der Waals surface area contributed by atoms with E-state index in [0.29, 0.717) is 12.5 Å². The van der Waals surface area contributed by atoms with Crippen LogP contribution >= 0.6 is 0 Å². The van der Waals surface area contributed by atoms with Crippen LogP contribution in [0.3, 0.4) is 0 Å². The normalized spacial score (nSPS) is 15.6. The van der Waals surface area contributed by atoms with Crippen molar-refractivity contribution in [3.63, 3.8) is 0 Å². The van der Waals surface area contributed by atoms with Crippen LogP contribution in [0.1, 0.15) is 36.4 Å². The molecule has 0 bridgehead atoms. The molecule has 1 aliphatic carbocycles. The second-order valence-corrected chi connectivity index (χ2v) is 5.77. The van der Waals surface area contributed by atoms with Gasteiger partial charge in [-0.25, -0.2) is 4.79 Å². The molecule has 2 N–H and O–H groups in total. The number of pyridine rings is 1. The average Bonchev–Trinajstić information content (AvgIpc) is 2.52. The number of amides is 2. The highest BCUT2D eigenvalue weighted by Gasteiger charge is 2.29. The first-order valence-corrected chi connectivity index (χ1v) is 7.81. The number of rotatable bonds is 5. The van der Waals surface area contributed by atoms with E-state index in [0.717, 1.165) is 5.56 Å². The monoisotopic (exact) mass is 295 g/mol. The van der Waals surface area contributed by atoms with Crippen molar-refractivity contribution in [3.05, 3.63) is 66.0 Å². The number of hydrogen-bond acceptors (Lipinski definition) is 2. The topological polar surface area (TPSA) is 54.0 Å². The van der Waals surface area contributed by atoms with E-state index in [1.54, 1.807) is 12.4 Å². The molecule has 1 atom stereocenters. The van der Waals surface area contributed by atoms with Gasteiger partial charge in [-0.2, -0.15) is 0 Å². The number of nitrogens with one attached hydrogen (secondary N) is 2. The minimum atomic E-state index is -0.121. The Labute approximate surface area is 131 Å². The molecular formula is C18H21N3O. The highest BCUT2D eigenvalue weighted by atomic mass is 16.2. The average molecular weight is 295 g/mol. The number of aromatic nitrogens is 1. The van der Waals surface area contributed by atoms with Crippen LogP contribution < -0.4 is 10.6 Å². The van der Waals surface area contributed by atoms with Crippen LogP contribution in [0.25, 0.3) is 0 Å². The number of benzene rings is 1. The van der Waals surface area contributed by atoms with E-state index in [1.165, 1.54) is 24.8 Å². The molecule has 1 heterocycles. The third-order valence-electron chi connectivity index (χ3n) is 4.24. The molecule has 0 radical (unpaired) electrons. The van der Waals surface area contributed by atoms with Crippen molar-refractivity contribution in [2.75, 3.05) is 0 Å². The maximum atomic E-state index is 12.2. The second kappa shape index (κ2) is 7.07. The fraction of sp³-hybridized carbons (Fsp3) is 0.333. The molecule has 1 aliphatic rings. The van der Waals surface area contributed by atoms with Gasteiger partial charge < -0.3 is 10.6 Å². The van der Waals surface area contributed by atoms with Gasteiger partial charge >= 0.3 is 6.03 Å². The first-order valence-electron chi connectivity index (χ1n) is 7.81. The van der Waals surface area contributed by atoms with Crippen LogP contribution in [0, 0.1) is 5.92 Å². The number of carbonyl (C=O) groups excluding carboxylic acids is 1. The summed E-state index contributed by atoms with van der Waals surface area (Å²) in [4.78, 5) is 16.3. The summed E-state index contributed by atoms with van der Waals surface area (Å²) in [6.07, 6.45) is 7.12. The van der Waals surface area contributed by atoms with E-state index in [-0.39, 0.29) is 12.1 Å². The van der Waals surface area contributed by atoms with Gasteiger partial charge in [0.2, 0.25) is 0 Å². The Bertz CT molecular complexity index is 596. The van der Waals surface area contributed by atoms with Gasteiger partial charge in [0.25, 0.3) is 0 Å². The fourth-order valence-corrected chi connectivity index (χ4v) is 2.78. The lowest BCUT2D eigenvalue weighted by molar-refractivity contribution is 0.207. The highest BCUT2D eigenvalue weighted by Crippen LogP contribution is 2.37. The summed E-state index contributed by atoms with van der Waals surface area (Å²) in [5, 5.41) is 6.05. The van der Waals surface area contributed by atoms with Gasteiger partial charge in [-0.15, -0.1) is 0 Å². The zero-order valence-corrected chi connectivity index (χ0v) is 12.5. The highest BCUT2D eigenvalue weighted by molar-refractivity contribution is 5.74. The maximum Gasteiger partial charge on any atom is 0.315 e. The molecule has 22 heavy (non-hydrogen) atoms. The number of urea groups is 1. The van der Waals surface area contributed by atoms with Gasteiger partial charge in [0, 0.05) is 18.9 Å². The fourth-order valence-electron chi connectivity index (χ4n) is 2.78. The van der Waals surface area contributed by atoms with Crippen LogP contribution in [-0.4, -0.2) is 11.0 Å². The van der Waals surface area contributed by atoms with Crippen molar-refractivity contribution >= 4 is 6.03 Å². The Morgan fingerprint density at radius 3 is 2.64 bits per heavy atom. The quantitative estimate of drug-likeness (QED) is 0.888. The van der Waals surface area contributed by atoms with Crippen LogP contribution in [0.4, 0.5) is 4.79 Å². The minimum absolute atomic E-state index is 0.101. The molecule has 3 rings (SSSR count). The zero-order chi connectivity index (χ0) is 15.2. The van der Waals surface area contributed by atoms with E-state index in [9.17, 15) is 4.79 Å². The van der Waals surface area contributed by atoms with E-state index < -0.39 is 0 Å². The van der Waals surface area contributed by atoms with Crippen molar-refractivity contribution in [1.29, 1.82) is 0 Å². The van der Waals surface area contributed by atoms with Gasteiger partial charge in [0.15, 0.2) is 0 Å². The Balaban J connectivity index is 1.59. The lowest BCUT2D eigenvalue weighted by Gasteiger charge is -2.34. The van der Waals surface area contributed by atoms with Gasteiger partial charge in [0.05, 0.1) is 6.04 Å². The molecule has 1 unspecified atom stereocenters. The molecule has 0 aliphatic heterocycles. The molecule has 4 nitrogen and oxygen atoms in total. The summed E-state index contributed by atoms with van der Waals surface area (Å²) in [7, 11) is 0. The summed E-state index contributed by atoms with van der Waals surface area (Å²) in [5.74, 6) is 0.548. The maximum absolute atomic E-state index is 12.2. The number of hydrogen-bond donors (Lipinski definition) is 2. The van der Waals surface area contributed by atoms with Crippen molar-refractivity contribution in [2.45, 2.75) is 31.8 Å². The molecule has 1 saturated carbocycles. The molecule has 2 amide bonds. The summed E-state index contributed by atoms with van der Waals surface area (Å²) in [6, 6.07) is 14.0. The van der Waals surface area contributed by atoms with Crippen LogP contribution in [0.15, 0.2) is 54.9 Å². The minimum Gasteiger partial charge on any atom is -0.334 e. The van der Waals surface area contributed by atoms with E-state index in [2.05, 4.69) is 27.8 Å². The van der Waals surface area contributed by atoms with Crippen LogP contribution in [0.2, 0.25) is 0 Å². The molecule has 2 aromatic rings. The van der Waals surface area contributed by atoms with Crippen molar-refractivity contribution in [3.8, 4) is 0 Å². The molecular weight excluding hydrogens is 274 g/mol. The Morgan fingerprint density at radius 1 is 1.18 bits per heavy atom. The SMILES string of the molecule is O=C(NCc1cccnc1)NC(c1ccccc1)C1CCC1. The molecule has 1 fully saturated rings. The number of nitrogens with zero attached hydrogens (tertiary/aromatic N) is 1.